The lowest BCUT2D eigenvalue weighted by Gasteiger charge is -2.28. The first-order valence-corrected chi connectivity index (χ1v) is 8.46. The molecule has 1 aliphatic carbocycles. The van der Waals surface area contributed by atoms with E-state index in [-0.39, 0.29) is 0 Å². The maximum absolute atomic E-state index is 3.73. The summed E-state index contributed by atoms with van der Waals surface area (Å²) in [6.07, 6.45) is 8.33. The predicted octanol–water partition coefficient (Wildman–Crippen LogP) is 4.94. The van der Waals surface area contributed by atoms with E-state index in [9.17, 15) is 0 Å². The van der Waals surface area contributed by atoms with Crippen molar-refractivity contribution in [2.75, 3.05) is 0 Å². The van der Waals surface area contributed by atoms with E-state index in [1.807, 2.05) is 0 Å². The van der Waals surface area contributed by atoms with Gasteiger partial charge in [0.1, 0.15) is 0 Å². The summed E-state index contributed by atoms with van der Waals surface area (Å²) < 4.78 is 0. The van der Waals surface area contributed by atoms with Crippen LogP contribution in [-0.2, 0) is 13.0 Å². The van der Waals surface area contributed by atoms with Gasteiger partial charge in [0.25, 0.3) is 0 Å². The third-order valence-electron chi connectivity index (χ3n) is 4.65. The van der Waals surface area contributed by atoms with Crippen LogP contribution in [0.3, 0.4) is 0 Å². The highest BCUT2D eigenvalue weighted by atomic mass is 14.9. The van der Waals surface area contributed by atoms with Crippen LogP contribution < -0.4 is 5.32 Å². The molecule has 1 aromatic rings. The third-order valence-corrected chi connectivity index (χ3v) is 4.65. The Kier molecular flexibility index (Phi) is 6.09. The van der Waals surface area contributed by atoms with Gasteiger partial charge in [0, 0.05) is 12.6 Å². The topological polar surface area (TPSA) is 12.0 Å². The number of nitrogens with one attached hydrogen (secondary N) is 1. The predicted molar refractivity (Wildman–Crippen MR) is 87.9 cm³/mol. The van der Waals surface area contributed by atoms with Crippen LogP contribution >= 0.6 is 0 Å². The van der Waals surface area contributed by atoms with Crippen LogP contribution in [0.4, 0.5) is 0 Å². The maximum atomic E-state index is 3.73. The Morgan fingerprint density at radius 1 is 0.950 bits per heavy atom. The zero-order chi connectivity index (χ0) is 14.4. The highest BCUT2D eigenvalue weighted by Gasteiger charge is 2.19. The lowest BCUT2D eigenvalue weighted by Crippen LogP contribution is -2.34. The van der Waals surface area contributed by atoms with E-state index in [0.717, 1.165) is 18.4 Å². The monoisotopic (exact) mass is 273 g/mol. The highest BCUT2D eigenvalue weighted by molar-refractivity contribution is 5.22. The van der Waals surface area contributed by atoms with Crippen molar-refractivity contribution >= 4 is 0 Å². The quantitative estimate of drug-likeness (QED) is 0.774. The van der Waals surface area contributed by atoms with Gasteiger partial charge < -0.3 is 5.32 Å². The fraction of sp³-hybridized carbons (Fsp3) is 0.684. The standard InChI is InChI=1S/C19H31N/c1-15(2)13-17-9-11-18(12-10-17)14-20-16(3)19-7-5-4-6-8-19/h9-12,15-16,19-20H,4-8,13-14H2,1-3H3/t16-/m1/s1. The van der Waals surface area contributed by atoms with Gasteiger partial charge in [-0.2, -0.15) is 0 Å². The minimum Gasteiger partial charge on any atom is -0.310 e. The van der Waals surface area contributed by atoms with Gasteiger partial charge in [-0.15, -0.1) is 0 Å². The van der Waals surface area contributed by atoms with Crippen LogP contribution in [0.5, 0.6) is 0 Å². The summed E-state index contributed by atoms with van der Waals surface area (Å²) in [6, 6.07) is 9.83. The van der Waals surface area contributed by atoms with Gasteiger partial charge in [-0.05, 0) is 49.1 Å². The van der Waals surface area contributed by atoms with Gasteiger partial charge in [0.15, 0.2) is 0 Å². The summed E-state index contributed by atoms with van der Waals surface area (Å²) in [5.41, 5.74) is 2.88. The normalized spacial score (nSPS) is 18.4. The largest absolute Gasteiger partial charge is 0.310 e. The summed E-state index contributed by atoms with van der Waals surface area (Å²) in [6.45, 7) is 7.94. The highest BCUT2D eigenvalue weighted by Crippen LogP contribution is 2.26. The van der Waals surface area contributed by atoms with Crippen LogP contribution in [0.15, 0.2) is 24.3 Å². The number of benzene rings is 1. The molecule has 1 heteroatoms. The summed E-state index contributed by atoms with van der Waals surface area (Å²) in [4.78, 5) is 0. The van der Waals surface area contributed by atoms with Crippen LogP contribution in [-0.4, -0.2) is 6.04 Å². The Labute approximate surface area is 125 Å². The molecule has 0 unspecified atom stereocenters. The Morgan fingerprint density at radius 2 is 1.55 bits per heavy atom. The molecule has 1 nitrogen and oxygen atoms in total. The van der Waals surface area contributed by atoms with Crippen molar-refractivity contribution < 1.29 is 0 Å². The number of rotatable bonds is 6. The van der Waals surface area contributed by atoms with E-state index < -0.39 is 0 Å². The van der Waals surface area contributed by atoms with Crippen molar-refractivity contribution in [3.8, 4) is 0 Å². The van der Waals surface area contributed by atoms with Crippen molar-refractivity contribution in [3.63, 3.8) is 0 Å². The molecule has 0 aromatic heterocycles. The third kappa shape index (κ3) is 4.94. The minimum absolute atomic E-state index is 0.658. The molecule has 0 radical (unpaired) electrons. The van der Waals surface area contributed by atoms with Gasteiger partial charge in [-0.25, -0.2) is 0 Å². The van der Waals surface area contributed by atoms with Gasteiger partial charge in [0.2, 0.25) is 0 Å². The zero-order valence-corrected chi connectivity index (χ0v) is 13.5. The van der Waals surface area contributed by atoms with E-state index >= 15 is 0 Å². The molecule has 1 aromatic carbocycles. The van der Waals surface area contributed by atoms with Crippen LogP contribution in [0.1, 0.15) is 64.0 Å². The van der Waals surface area contributed by atoms with Crippen molar-refractivity contribution in [2.24, 2.45) is 11.8 Å². The van der Waals surface area contributed by atoms with E-state index in [1.54, 1.807) is 0 Å². The van der Waals surface area contributed by atoms with Gasteiger partial charge in [0.05, 0.1) is 0 Å². The molecular weight excluding hydrogens is 242 g/mol. The number of hydrogen-bond acceptors (Lipinski definition) is 1. The lowest BCUT2D eigenvalue weighted by molar-refractivity contribution is 0.280. The van der Waals surface area contributed by atoms with Crippen LogP contribution in [0.25, 0.3) is 0 Å². The van der Waals surface area contributed by atoms with Gasteiger partial charge >= 0.3 is 0 Å². The zero-order valence-electron chi connectivity index (χ0n) is 13.5. The molecule has 0 aliphatic heterocycles. The minimum atomic E-state index is 0.658. The van der Waals surface area contributed by atoms with E-state index in [1.165, 1.54) is 49.7 Å². The Morgan fingerprint density at radius 3 is 2.15 bits per heavy atom. The Bertz CT molecular complexity index is 373. The fourth-order valence-electron chi connectivity index (χ4n) is 3.34. The summed E-state index contributed by atoms with van der Waals surface area (Å²) in [7, 11) is 0. The van der Waals surface area contributed by atoms with Gasteiger partial charge in [-0.3, -0.25) is 0 Å². The first kappa shape index (κ1) is 15.6. The molecule has 1 atom stereocenters. The Hall–Kier alpha value is -0.820. The van der Waals surface area contributed by atoms with Crippen molar-refractivity contribution in [2.45, 2.75) is 71.9 Å². The molecular formula is C19H31N. The molecule has 0 amide bonds. The lowest BCUT2D eigenvalue weighted by atomic mass is 9.84. The van der Waals surface area contributed by atoms with E-state index in [0.29, 0.717) is 6.04 Å². The molecule has 0 saturated heterocycles. The second-order valence-corrected chi connectivity index (χ2v) is 6.98. The second kappa shape index (κ2) is 7.83. The molecule has 1 saturated carbocycles. The number of hydrogen-bond donors (Lipinski definition) is 1. The second-order valence-electron chi connectivity index (χ2n) is 6.98. The molecule has 0 bridgehead atoms. The molecule has 20 heavy (non-hydrogen) atoms. The molecule has 0 heterocycles. The molecule has 1 fully saturated rings. The summed E-state index contributed by atoms with van der Waals surface area (Å²) in [5.74, 6) is 1.63. The summed E-state index contributed by atoms with van der Waals surface area (Å²) >= 11 is 0. The van der Waals surface area contributed by atoms with Crippen LogP contribution in [0.2, 0.25) is 0 Å². The van der Waals surface area contributed by atoms with Crippen molar-refractivity contribution in [3.05, 3.63) is 35.4 Å². The first-order valence-electron chi connectivity index (χ1n) is 8.46. The summed E-state index contributed by atoms with van der Waals surface area (Å²) in [5, 5.41) is 3.73. The molecule has 2 rings (SSSR count). The van der Waals surface area contributed by atoms with Crippen molar-refractivity contribution in [1.29, 1.82) is 0 Å². The average molecular weight is 273 g/mol. The van der Waals surface area contributed by atoms with E-state index in [4.69, 9.17) is 0 Å². The van der Waals surface area contributed by atoms with E-state index in [2.05, 4.69) is 50.4 Å². The molecule has 1 aliphatic rings. The van der Waals surface area contributed by atoms with Crippen LogP contribution in [0, 0.1) is 11.8 Å². The Balaban J connectivity index is 1.78. The van der Waals surface area contributed by atoms with Crippen molar-refractivity contribution in [1.82, 2.24) is 5.32 Å². The SMILES string of the molecule is CC(C)Cc1ccc(CN[C@H](C)C2CCCCC2)cc1. The molecule has 0 spiro atoms. The maximum Gasteiger partial charge on any atom is 0.0208 e. The molecule has 1 N–H and O–H groups in total. The average Bonchev–Trinajstić information content (AvgIpc) is 2.46. The smallest absolute Gasteiger partial charge is 0.0208 e. The van der Waals surface area contributed by atoms with Gasteiger partial charge in [-0.1, -0.05) is 57.4 Å². The fourth-order valence-corrected chi connectivity index (χ4v) is 3.34. The first-order chi connectivity index (χ1) is 9.65. The molecule has 112 valence electrons.